The summed E-state index contributed by atoms with van der Waals surface area (Å²) in [5, 5.41) is 0. The summed E-state index contributed by atoms with van der Waals surface area (Å²) in [7, 11) is 5.34. The first-order valence-electron chi connectivity index (χ1n) is 5.64. The summed E-state index contributed by atoms with van der Waals surface area (Å²) >= 11 is 0. The molecule has 6 heteroatoms. The van der Waals surface area contributed by atoms with Crippen LogP contribution in [0.4, 0.5) is 22.0 Å². The number of aryl methyl sites for hydroxylation is 1. The SMILES string of the molecule is [B]c1cc(C)c(F)c(-c2c(F)cc(F)c(C)c2F)c1F. The highest BCUT2D eigenvalue weighted by Crippen LogP contribution is 2.33. The summed E-state index contributed by atoms with van der Waals surface area (Å²) in [6.45, 7) is 2.32. The van der Waals surface area contributed by atoms with E-state index in [1.54, 1.807) is 0 Å². The molecule has 0 aliphatic carbocycles. The maximum absolute atomic E-state index is 14.0. The van der Waals surface area contributed by atoms with Crippen LogP contribution in [-0.2, 0) is 0 Å². The van der Waals surface area contributed by atoms with Gasteiger partial charge in [0.2, 0.25) is 0 Å². The quantitative estimate of drug-likeness (QED) is 0.555. The number of hydrogen-bond donors (Lipinski definition) is 0. The minimum absolute atomic E-state index is 0.0697. The van der Waals surface area contributed by atoms with Crippen LogP contribution < -0.4 is 5.46 Å². The molecule has 0 aliphatic heterocycles. The third kappa shape index (κ3) is 2.09. The van der Waals surface area contributed by atoms with Gasteiger partial charge in [0.25, 0.3) is 0 Å². The fourth-order valence-electron chi connectivity index (χ4n) is 1.94. The van der Waals surface area contributed by atoms with Crippen molar-refractivity contribution in [2.45, 2.75) is 13.8 Å². The van der Waals surface area contributed by atoms with Gasteiger partial charge < -0.3 is 0 Å². The topological polar surface area (TPSA) is 0 Å². The Morgan fingerprint density at radius 1 is 0.750 bits per heavy atom. The molecule has 2 radical (unpaired) electrons. The van der Waals surface area contributed by atoms with E-state index >= 15 is 0 Å². The normalized spacial score (nSPS) is 10.9. The second kappa shape index (κ2) is 4.92. The highest BCUT2D eigenvalue weighted by Gasteiger charge is 2.25. The molecule has 0 nitrogen and oxygen atoms in total. The lowest BCUT2D eigenvalue weighted by Crippen LogP contribution is -2.14. The Morgan fingerprint density at radius 2 is 1.35 bits per heavy atom. The molecular weight excluding hydrogens is 274 g/mol. The van der Waals surface area contributed by atoms with Crippen molar-refractivity contribution in [2.24, 2.45) is 0 Å². The van der Waals surface area contributed by atoms with Gasteiger partial charge in [0.15, 0.2) is 0 Å². The summed E-state index contributed by atoms with van der Waals surface area (Å²) in [6, 6.07) is 1.39. The minimum atomic E-state index is -1.40. The molecule has 0 saturated carbocycles. The fourth-order valence-corrected chi connectivity index (χ4v) is 1.94. The van der Waals surface area contributed by atoms with Gasteiger partial charge in [-0.2, -0.15) is 0 Å². The molecular formula is C14H8BF5. The van der Waals surface area contributed by atoms with Crippen LogP contribution in [-0.4, -0.2) is 7.85 Å². The van der Waals surface area contributed by atoms with Crippen LogP contribution in [0.25, 0.3) is 11.1 Å². The lowest BCUT2D eigenvalue weighted by Gasteiger charge is -2.13. The van der Waals surface area contributed by atoms with Gasteiger partial charge in [-0.15, -0.1) is 0 Å². The van der Waals surface area contributed by atoms with Gasteiger partial charge >= 0.3 is 0 Å². The zero-order valence-electron chi connectivity index (χ0n) is 10.6. The molecule has 0 heterocycles. The van der Waals surface area contributed by atoms with Crippen molar-refractivity contribution in [2.75, 3.05) is 0 Å². The Hall–Kier alpha value is -1.85. The van der Waals surface area contributed by atoms with Crippen LogP contribution in [0.3, 0.4) is 0 Å². The lowest BCUT2D eigenvalue weighted by atomic mass is 9.88. The lowest BCUT2D eigenvalue weighted by molar-refractivity contribution is 0.529. The molecule has 2 rings (SSSR count). The molecule has 2 aromatic rings. The molecule has 0 atom stereocenters. The summed E-state index contributed by atoms with van der Waals surface area (Å²) in [4.78, 5) is 0. The predicted octanol–water partition coefficient (Wildman–Crippen LogP) is 3.46. The highest BCUT2D eigenvalue weighted by atomic mass is 19.2. The van der Waals surface area contributed by atoms with Gasteiger partial charge in [-0.25, -0.2) is 22.0 Å². The monoisotopic (exact) mass is 282 g/mol. The third-order valence-corrected chi connectivity index (χ3v) is 3.06. The van der Waals surface area contributed by atoms with E-state index in [1.807, 2.05) is 0 Å². The Labute approximate surface area is 113 Å². The van der Waals surface area contributed by atoms with E-state index in [4.69, 9.17) is 7.85 Å². The molecule has 102 valence electrons. The Morgan fingerprint density at radius 3 is 1.95 bits per heavy atom. The van der Waals surface area contributed by atoms with Crippen molar-refractivity contribution in [3.05, 3.63) is 52.3 Å². The van der Waals surface area contributed by atoms with Crippen LogP contribution >= 0.6 is 0 Å². The number of benzene rings is 2. The largest absolute Gasteiger partial charge is 0.207 e. The second-order valence-electron chi connectivity index (χ2n) is 4.44. The van der Waals surface area contributed by atoms with Crippen LogP contribution in [0.1, 0.15) is 11.1 Å². The maximum Gasteiger partial charge on any atom is 0.140 e. The Balaban J connectivity index is 2.93. The first-order valence-corrected chi connectivity index (χ1v) is 5.64. The van der Waals surface area contributed by atoms with Crippen LogP contribution in [0.2, 0.25) is 0 Å². The first-order chi connectivity index (χ1) is 9.25. The van der Waals surface area contributed by atoms with E-state index in [2.05, 4.69) is 0 Å². The minimum Gasteiger partial charge on any atom is -0.207 e. The third-order valence-electron chi connectivity index (χ3n) is 3.06. The molecule has 20 heavy (non-hydrogen) atoms. The Bertz CT molecular complexity index is 683. The molecule has 0 amide bonds. The standard InChI is InChI=1S/C14H8BF5/c1-5-3-7(15)14(20)11(12(5)18)10-9(17)4-8(16)6(2)13(10)19/h3-4H,1-2H3. The van der Waals surface area contributed by atoms with Crippen molar-refractivity contribution in [3.63, 3.8) is 0 Å². The summed E-state index contributed by atoms with van der Waals surface area (Å²) < 4.78 is 68.9. The van der Waals surface area contributed by atoms with Crippen molar-refractivity contribution in [1.82, 2.24) is 0 Å². The van der Waals surface area contributed by atoms with Crippen molar-refractivity contribution in [3.8, 4) is 11.1 Å². The molecule has 0 fully saturated rings. The van der Waals surface area contributed by atoms with Crippen molar-refractivity contribution >= 4 is 13.3 Å². The maximum atomic E-state index is 14.0. The van der Waals surface area contributed by atoms with E-state index in [1.165, 1.54) is 6.92 Å². The zero-order valence-corrected chi connectivity index (χ0v) is 10.6. The summed E-state index contributed by atoms with van der Waals surface area (Å²) in [5.41, 5.74) is -2.94. The average molecular weight is 282 g/mol. The molecule has 0 saturated heterocycles. The number of rotatable bonds is 1. The van der Waals surface area contributed by atoms with E-state index < -0.39 is 51.2 Å². The van der Waals surface area contributed by atoms with Gasteiger partial charge in [0.05, 0.1) is 11.1 Å². The molecule has 0 aliphatic rings. The van der Waals surface area contributed by atoms with E-state index in [0.29, 0.717) is 6.07 Å². The van der Waals surface area contributed by atoms with Gasteiger partial charge in [-0.1, -0.05) is 11.5 Å². The van der Waals surface area contributed by atoms with Gasteiger partial charge in [-0.05, 0) is 19.4 Å². The fraction of sp³-hybridized carbons (Fsp3) is 0.143. The zero-order chi connectivity index (χ0) is 15.2. The van der Waals surface area contributed by atoms with Crippen molar-refractivity contribution < 1.29 is 22.0 Å². The van der Waals surface area contributed by atoms with Gasteiger partial charge in [0, 0.05) is 11.6 Å². The summed E-state index contributed by atoms with van der Waals surface area (Å²) in [6.07, 6.45) is 0. The van der Waals surface area contributed by atoms with E-state index in [9.17, 15) is 22.0 Å². The van der Waals surface area contributed by atoms with Crippen LogP contribution in [0.15, 0.2) is 12.1 Å². The molecule has 0 unspecified atom stereocenters. The van der Waals surface area contributed by atoms with Gasteiger partial charge in [0.1, 0.15) is 36.9 Å². The number of hydrogen-bond acceptors (Lipinski definition) is 0. The molecule has 0 aromatic heterocycles. The highest BCUT2D eigenvalue weighted by molar-refractivity contribution is 6.33. The van der Waals surface area contributed by atoms with Gasteiger partial charge in [-0.3, -0.25) is 0 Å². The van der Waals surface area contributed by atoms with Crippen molar-refractivity contribution in [1.29, 1.82) is 0 Å². The predicted molar refractivity (Wildman–Crippen MR) is 66.5 cm³/mol. The van der Waals surface area contributed by atoms with E-state index in [-0.39, 0.29) is 5.56 Å². The molecule has 0 N–H and O–H groups in total. The molecule has 0 bridgehead atoms. The molecule has 2 aromatic carbocycles. The average Bonchev–Trinajstić information content (AvgIpc) is 2.38. The van der Waals surface area contributed by atoms with Crippen LogP contribution in [0, 0.1) is 42.9 Å². The number of halogens is 5. The van der Waals surface area contributed by atoms with E-state index in [0.717, 1.165) is 13.0 Å². The Kier molecular flexibility index (Phi) is 3.58. The molecule has 0 spiro atoms. The van der Waals surface area contributed by atoms with Crippen LogP contribution in [0.5, 0.6) is 0 Å². The second-order valence-corrected chi connectivity index (χ2v) is 4.44. The first kappa shape index (κ1) is 14.6. The summed E-state index contributed by atoms with van der Waals surface area (Å²) in [5.74, 6) is -6.30. The smallest absolute Gasteiger partial charge is 0.140 e.